The van der Waals surface area contributed by atoms with E-state index in [0.717, 1.165) is 25.7 Å². The van der Waals surface area contributed by atoms with Crippen LogP contribution in [0.2, 0.25) is 0 Å². The van der Waals surface area contributed by atoms with Crippen molar-refractivity contribution in [3.8, 4) is 0 Å². The van der Waals surface area contributed by atoms with Gasteiger partial charge in [0.2, 0.25) is 11.8 Å². The fourth-order valence-corrected chi connectivity index (χ4v) is 3.63. The molecular formula is C19H29BN2O4. The lowest BCUT2D eigenvalue weighted by molar-refractivity contribution is -0.127. The van der Waals surface area contributed by atoms with Gasteiger partial charge in [-0.1, -0.05) is 45.2 Å². The average Bonchev–Trinajstić information content (AvgIpc) is 2.59. The highest BCUT2D eigenvalue weighted by molar-refractivity contribution is 6.58. The van der Waals surface area contributed by atoms with Gasteiger partial charge >= 0.3 is 7.12 Å². The summed E-state index contributed by atoms with van der Waals surface area (Å²) in [6.07, 6.45) is 5.38. The van der Waals surface area contributed by atoms with Crippen LogP contribution in [0.4, 0.5) is 5.69 Å². The zero-order chi connectivity index (χ0) is 19.3. The van der Waals surface area contributed by atoms with Gasteiger partial charge < -0.3 is 15.4 Å². The normalized spacial score (nSPS) is 16.2. The van der Waals surface area contributed by atoms with Crippen LogP contribution in [0.3, 0.4) is 0 Å². The van der Waals surface area contributed by atoms with Crippen LogP contribution in [0.1, 0.15) is 52.9 Å². The smallest absolute Gasteiger partial charge is 0.423 e. The number of hydrogen-bond acceptors (Lipinski definition) is 4. The maximum Gasteiger partial charge on any atom is 0.488 e. The number of rotatable bonds is 6. The molecule has 0 spiro atoms. The minimum absolute atomic E-state index is 0.0924. The van der Waals surface area contributed by atoms with Crippen molar-refractivity contribution in [3.05, 3.63) is 24.3 Å². The number of anilines is 1. The second kappa shape index (κ2) is 9.19. The number of carbonyl (C=O) groups is 2. The van der Waals surface area contributed by atoms with Crippen LogP contribution in [0, 0.1) is 5.92 Å². The first-order valence-electron chi connectivity index (χ1n) is 9.37. The maximum absolute atomic E-state index is 13.0. The molecule has 0 aromatic heterocycles. The van der Waals surface area contributed by atoms with Crippen molar-refractivity contribution >= 4 is 30.1 Å². The Balaban J connectivity index is 2.29. The highest BCUT2D eigenvalue weighted by Crippen LogP contribution is 2.23. The summed E-state index contributed by atoms with van der Waals surface area (Å²) in [7, 11) is -1.63. The van der Waals surface area contributed by atoms with Gasteiger partial charge in [-0.15, -0.1) is 0 Å². The molecule has 0 bridgehead atoms. The van der Waals surface area contributed by atoms with E-state index in [1.807, 2.05) is 13.8 Å². The summed E-state index contributed by atoms with van der Waals surface area (Å²) in [4.78, 5) is 26.8. The summed E-state index contributed by atoms with van der Waals surface area (Å²) >= 11 is 0. The van der Waals surface area contributed by atoms with Gasteiger partial charge in [0.1, 0.15) is 6.04 Å². The first kappa shape index (κ1) is 20.5. The van der Waals surface area contributed by atoms with Crippen LogP contribution < -0.4 is 15.7 Å². The third kappa shape index (κ3) is 5.08. The van der Waals surface area contributed by atoms with Gasteiger partial charge in [-0.3, -0.25) is 14.5 Å². The lowest BCUT2D eigenvalue weighted by Crippen LogP contribution is -2.54. The summed E-state index contributed by atoms with van der Waals surface area (Å²) in [5.74, 6) is -0.505. The predicted molar refractivity (Wildman–Crippen MR) is 103 cm³/mol. The number of amides is 2. The maximum atomic E-state index is 13.0. The van der Waals surface area contributed by atoms with Crippen molar-refractivity contribution < 1.29 is 19.6 Å². The third-order valence-corrected chi connectivity index (χ3v) is 4.92. The Hall–Kier alpha value is -1.86. The highest BCUT2D eigenvalue weighted by Gasteiger charge is 2.33. The number of hydrogen-bond donors (Lipinski definition) is 3. The van der Waals surface area contributed by atoms with E-state index in [0.29, 0.717) is 5.69 Å². The summed E-state index contributed by atoms with van der Waals surface area (Å²) in [5.41, 5.74) is 0.768. The predicted octanol–water partition coefficient (Wildman–Crippen LogP) is 1.19. The molecule has 0 aliphatic heterocycles. The van der Waals surface area contributed by atoms with Crippen molar-refractivity contribution in [3.63, 3.8) is 0 Å². The minimum atomic E-state index is -1.63. The summed E-state index contributed by atoms with van der Waals surface area (Å²) in [5, 5.41) is 21.9. The van der Waals surface area contributed by atoms with Crippen LogP contribution in [-0.4, -0.2) is 41.1 Å². The fourth-order valence-electron chi connectivity index (χ4n) is 3.63. The van der Waals surface area contributed by atoms with Gasteiger partial charge in [0.25, 0.3) is 0 Å². The lowest BCUT2D eigenvalue weighted by atomic mass is 9.80. The molecule has 1 atom stereocenters. The van der Waals surface area contributed by atoms with Gasteiger partial charge in [-0.05, 0) is 36.4 Å². The van der Waals surface area contributed by atoms with E-state index in [2.05, 4.69) is 5.32 Å². The lowest BCUT2D eigenvalue weighted by Gasteiger charge is -2.34. The average molecular weight is 360 g/mol. The Bertz CT molecular complexity index is 630. The second-order valence-electron chi connectivity index (χ2n) is 7.39. The van der Waals surface area contributed by atoms with Gasteiger partial charge in [0.05, 0.1) is 0 Å². The molecule has 1 aliphatic carbocycles. The molecular weight excluding hydrogens is 331 g/mol. The van der Waals surface area contributed by atoms with E-state index in [-0.39, 0.29) is 29.2 Å². The third-order valence-electron chi connectivity index (χ3n) is 4.92. The molecule has 1 aliphatic rings. The summed E-state index contributed by atoms with van der Waals surface area (Å²) < 4.78 is 0. The molecule has 1 unspecified atom stereocenters. The van der Waals surface area contributed by atoms with Gasteiger partial charge in [0.15, 0.2) is 0 Å². The molecule has 3 N–H and O–H groups in total. The molecule has 1 fully saturated rings. The monoisotopic (exact) mass is 360 g/mol. The van der Waals surface area contributed by atoms with Crippen molar-refractivity contribution in [1.29, 1.82) is 0 Å². The Kier molecular flexibility index (Phi) is 7.23. The number of nitrogens with one attached hydrogen (secondary N) is 1. The minimum Gasteiger partial charge on any atom is -0.423 e. The van der Waals surface area contributed by atoms with Crippen molar-refractivity contribution in [2.24, 2.45) is 5.92 Å². The molecule has 0 heterocycles. The Morgan fingerprint density at radius 3 is 2.38 bits per heavy atom. The van der Waals surface area contributed by atoms with Crippen molar-refractivity contribution in [1.82, 2.24) is 5.32 Å². The van der Waals surface area contributed by atoms with Crippen LogP contribution in [0.25, 0.3) is 0 Å². The number of benzene rings is 1. The van der Waals surface area contributed by atoms with Crippen LogP contribution in [-0.2, 0) is 9.59 Å². The molecule has 7 heteroatoms. The quantitative estimate of drug-likeness (QED) is 0.665. The van der Waals surface area contributed by atoms with Gasteiger partial charge in [-0.25, -0.2) is 0 Å². The molecule has 1 aromatic rings. The SMILES string of the molecule is CC(=O)N(c1cccc(B(O)O)c1)C(C(=O)NC1CCCCC1)C(C)C. The van der Waals surface area contributed by atoms with E-state index in [1.54, 1.807) is 18.2 Å². The molecule has 2 rings (SSSR count). The summed E-state index contributed by atoms with van der Waals surface area (Å²) in [6, 6.07) is 5.97. The van der Waals surface area contributed by atoms with E-state index in [1.165, 1.54) is 24.3 Å². The van der Waals surface area contributed by atoms with Gasteiger partial charge in [-0.2, -0.15) is 0 Å². The van der Waals surface area contributed by atoms with E-state index in [4.69, 9.17) is 0 Å². The zero-order valence-corrected chi connectivity index (χ0v) is 15.8. The van der Waals surface area contributed by atoms with Crippen molar-refractivity contribution in [2.75, 3.05) is 4.90 Å². The van der Waals surface area contributed by atoms with Crippen LogP contribution in [0.5, 0.6) is 0 Å². The molecule has 6 nitrogen and oxygen atoms in total. The molecule has 1 aromatic carbocycles. The largest absolute Gasteiger partial charge is 0.488 e. The molecule has 0 saturated heterocycles. The second-order valence-corrected chi connectivity index (χ2v) is 7.39. The number of nitrogens with zero attached hydrogens (tertiary/aromatic N) is 1. The van der Waals surface area contributed by atoms with Gasteiger partial charge in [0, 0.05) is 18.7 Å². The number of carbonyl (C=O) groups excluding carboxylic acids is 2. The van der Waals surface area contributed by atoms with Crippen LogP contribution in [0.15, 0.2) is 24.3 Å². The first-order valence-corrected chi connectivity index (χ1v) is 9.37. The molecule has 26 heavy (non-hydrogen) atoms. The van der Waals surface area contributed by atoms with E-state index in [9.17, 15) is 19.6 Å². The first-order chi connectivity index (χ1) is 12.3. The molecule has 2 amide bonds. The van der Waals surface area contributed by atoms with E-state index < -0.39 is 13.2 Å². The Labute approximate surface area is 155 Å². The van der Waals surface area contributed by atoms with Crippen LogP contribution >= 0.6 is 0 Å². The Morgan fingerprint density at radius 1 is 1.19 bits per heavy atom. The topological polar surface area (TPSA) is 89.9 Å². The van der Waals surface area contributed by atoms with E-state index >= 15 is 0 Å². The molecule has 142 valence electrons. The summed E-state index contributed by atoms with van der Waals surface area (Å²) in [6.45, 7) is 5.24. The molecule has 0 radical (unpaired) electrons. The Morgan fingerprint density at radius 2 is 1.85 bits per heavy atom. The molecule has 1 saturated carbocycles. The highest BCUT2D eigenvalue weighted by atomic mass is 16.4. The fraction of sp³-hybridized carbons (Fsp3) is 0.579. The standard InChI is InChI=1S/C19H29BN2O4/c1-13(2)18(19(24)21-16-9-5-4-6-10-16)22(14(3)23)17-11-7-8-15(12-17)20(25)26/h7-8,11-13,16,18,25-26H,4-6,9-10H2,1-3H3,(H,21,24). The zero-order valence-electron chi connectivity index (χ0n) is 15.8. The van der Waals surface area contributed by atoms with Crippen molar-refractivity contribution in [2.45, 2.75) is 65.0 Å².